The summed E-state index contributed by atoms with van der Waals surface area (Å²) in [4.78, 5) is 24.9. The number of alkyl halides is 2. The summed E-state index contributed by atoms with van der Waals surface area (Å²) in [6.45, 7) is 3.95. The van der Waals surface area contributed by atoms with Crippen molar-refractivity contribution in [2.24, 2.45) is 5.92 Å². The Hall–Kier alpha value is -1.83. The first kappa shape index (κ1) is 20.5. The number of hydrogen-bond donors (Lipinski definition) is 2. The molecule has 1 fully saturated rings. The van der Waals surface area contributed by atoms with Crippen LogP contribution in [0.5, 0.6) is 0 Å². The molecule has 1 aliphatic rings. The summed E-state index contributed by atoms with van der Waals surface area (Å²) >= 11 is 0. The zero-order chi connectivity index (χ0) is 19.3. The van der Waals surface area contributed by atoms with E-state index in [9.17, 15) is 18.4 Å². The topological polar surface area (TPSA) is 84.1 Å². The van der Waals surface area contributed by atoms with E-state index in [1.165, 1.54) is 7.11 Å². The average molecular weight is 371 g/mol. The molecule has 1 aliphatic carbocycles. The van der Waals surface area contributed by atoms with E-state index in [1.54, 1.807) is 0 Å². The number of nitrogens with zero attached hydrogens (tertiary/aromatic N) is 1. The maximum atomic E-state index is 12.9. The van der Waals surface area contributed by atoms with Crippen molar-refractivity contribution < 1.29 is 18.3 Å². The molecule has 0 saturated heterocycles. The van der Waals surface area contributed by atoms with Crippen molar-refractivity contribution in [3.63, 3.8) is 0 Å². The van der Waals surface area contributed by atoms with E-state index >= 15 is 0 Å². The lowest BCUT2D eigenvalue weighted by Gasteiger charge is -2.37. The van der Waals surface area contributed by atoms with Gasteiger partial charge in [-0.25, -0.2) is 13.9 Å². The van der Waals surface area contributed by atoms with Gasteiger partial charge >= 0.3 is 0 Å². The summed E-state index contributed by atoms with van der Waals surface area (Å²) in [6.07, 6.45) is -0.0723. The number of halogens is 2. The molecule has 8 heteroatoms. The van der Waals surface area contributed by atoms with E-state index in [-0.39, 0.29) is 43.7 Å². The lowest BCUT2D eigenvalue weighted by molar-refractivity contribution is -0.150. The number of amides is 1. The van der Waals surface area contributed by atoms with Gasteiger partial charge in [0.15, 0.2) is 0 Å². The highest BCUT2D eigenvalue weighted by Crippen LogP contribution is 2.37. The molecule has 2 N–H and O–H groups in total. The summed E-state index contributed by atoms with van der Waals surface area (Å²) in [5.41, 5.74) is 0.692. The standard InChI is InChI=1S/C18H27F2N3O3/c1-4-12-13(16(24)23-22-14(12)5-2)10-21-17(25)18(26-3)8-6-11(7-9-18)15(19)20/h11,15H,4-10H2,1-3H3,(H,21,25)(H,23,24). The molecule has 0 radical (unpaired) electrons. The Morgan fingerprint density at radius 2 is 1.96 bits per heavy atom. The van der Waals surface area contributed by atoms with Crippen molar-refractivity contribution in [3.05, 3.63) is 27.2 Å². The fraction of sp³-hybridized carbons (Fsp3) is 0.722. The van der Waals surface area contributed by atoms with Crippen LogP contribution in [0, 0.1) is 5.92 Å². The highest BCUT2D eigenvalue weighted by atomic mass is 19.3. The second-order valence-corrected chi connectivity index (χ2v) is 6.72. The van der Waals surface area contributed by atoms with Gasteiger partial charge in [-0.3, -0.25) is 9.59 Å². The third-order valence-electron chi connectivity index (χ3n) is 5.39. The Bertz CT molecular complexity index is 683. The molecule has 0 aliphatic heterocycles. The number of hydrogen-bond acceptors (Lipinski definition) is 4. The summed E-state index contributed by atoms with van der Waals surface area (Å²) in [6, 6.07) is 0. The monoisotopic (exact) mass is 371 g/mol. The molecule has 0 atom stereocenters. The normalized spacial score (nSPS) is 23.2. The summed E-state index contributed by atoms with van der Waals surface area (Å²) in [5, 5.41) is 9.29. The van der Waals surface area contributed by atoms with Crippen molar-refractivity contribution in [1.29, 1.82) is 0 Å². The van der Waals surface area contributed by atoms with Crippen molar-refractivity contribution >= 4 is 5.91 Å². The Morgan fingerprint density at radius 3 is 2.46 bits per heavy atom. The smallest absolute Gasteiger partial charge is 0.269 e. The van der Waals surface area contributed by atoms with Gasteiger partial charge in [0.05, 0.1) is 5.69 Å². The van der Waals surface area contributed by atoms with Gasteiger partial charge in [0.1, 0.15) is 5.60 Å². The molecule has 1 heterocycles. The second kappa shape index (κ2) is 8.70. The number of aryl methyl sites for hydroxylation is 1. The summed E-state index contributed by atoms with van der Waals surface area (Å²) in [5.74, 6) is -1.04. The molecule has 1 aromatic rings. The molecule has 0 aromatic carbocycles. The van der Waals surface area contributed by atoms with Crippen LogP contribution in [-0.2, 0) is 28.9 Å². The Labute approximate surface area is 151 Å². The molecule has 1 amide bonds. The zero-order valence-corrected chi connectivity index (χ0v) is 15.5. The van der Waals surface area contributed by atoms with Crippen LogP contribution in [0.25, 0.3) is 0 Å². The van der Waals surface area contributed by atoms with Crippen molar-refractivity contribution in [1.82, 2.24) is 15.5 Å². The van der Waals surface area contributed by atoms with Crippen molar-refractivity contribution in [2.45, 2.75) is 70.9 Å². The molecule has 1 saturated carbocycles. The van der Waals surface area contributed by atoms with Gasteiger partial charge in [0.25, 0.3) is 11.5 Å². The van der Waals surface area contributed by atoms with Crippen LogP contribution in [0.1, 0.15) is 56.4 Å². The largest absolute Gasteiger partial charge is 0.368 e. The molecule has 0 bridgehead atoms. The molecule has 1 aromatic heterocycles. The maximum Gasteiger partial charge on any atom is 0.269 e. The SMILES string of the molecule is CCc1n[nH]c(=O)c(CNC(=O)C2(OC)CCC(C(F)F)CC2)c1CC. The molecular weight excluding hydrogens is 344 g/mol. The van der Waals surface area contributed by atoms with E-state index in [0.717, 1.165) is 11.3 Å². The Kier molecular flexibility index (Phi) is 6.86. The quantitative estimate of drug-likeness (QED) is 0.771. The van der Waals surface area contributed by atoms with Gasteiger partial charge in [-0.05, 0) is 44.1 Å². The Balaban J connectivity index is 2.12. The van der Waals surface area contributed by atoms with Crippen LogP contribution in [0.15, 0.2) is 4.79 Å². The summed E-state index contributed by atoms with van der Waals surface area (Å²) in [7, 11) is 1.42. The summed E-state index contributed by atoms with van der Waals surface area (Å²) < 4.78 is 31.2. The Morgan fingerprint density at radius 1 is 1.31 bits per heavy atom. The van der Waals surface area contributed by atoms with E-state index in [0.29, 0.717) is 18.4 Å². The number of aromatic amines is 1. The third kappa shape index (κ3) is 4.11. The predicted octanol–water partition coefficient (Wildman–Crippen LogP) is 2.35. The van der Waals surface area contributed by atoms with E-state index in [1.807, 2.05) is 13.8 Å². The molecular formula is C18H27F2N3O3. The molecule has 6 nitrogen and oxygen atoms in total. The first-order chi connectivity index (χ1) is 12.4. The lowest BCUT2D eigenvalue weighted by atomic mass is 9.78. The number of nitrogens with one attached hydrogen (secondary N) is 2. The van der Waals surface area contributed by atoms with Gasteiger partial charge < -0.3 is 10.1 Å². The van der Waals surface area contributed by atoms with Gasteiger partial charge in [-0.15, -0.1) is 0 Å². The van der Waals surface area contributed by atoms with Crippen LogP contribution >= 0.6 is 0 Å². The van der Waals surface area contributed by atoms with E-state index in [2.05, 4.69) is 15.5 Å². The average Bonchev–Trinajstić information content (AvgIpc) is 2.66. The molecule has 26 heavy (non-hydrogen) atoms. The third-order valence-corrected chi connectivity index (χ3v) is 5.39. The number of rotatable bonds is 7. The van der Waals surface area contributed by atoms with Crippen LogP contribution in [0.3, 0.4) is 0 Å². The number of carbonyl (C=O) groups excluding carboxylic acids is 1. The molecule has 0 spiro atoms. The van der Waals surface area contributed by atoms with Crippen LogP contribution < -0.4 is 10.9 Å². The molecule has 2 rings (SSSR count). The highest BCUT2D eigenvalue weighted by molar-refractivity contribution is 5.85. The van der Waals surface area contributed by atoms with E-state index < -0.39 is 17.9 Å². The van der Waals surface area contributed by atoms with Gasteiger partial charge in [0, 0.05) is 25.1 Å². The zero-order valence-electron chi connectivity index (χ0n) is 15.5. The molecule has 146 valence electrons. The minimum absolute atomic E-state index is 0.0657. The first-order valence-electron chi connectivity index (χ1n) is 9.09. The van der Waals surface area contributed by atoms with Crippen molar-refractivity contribution in [2.75, 3.05) is 7.11 Å². The predicted molar refractivity (Wildman–Crippen MR) is 93.2 cm³/mol. The minimum atomic E-state index is -2.37. The van der Waals surface area contributed by atoms with Gasteiger partial charge in [-0.2, -0.15) is 5.10 Å². The van der Waals surface area contributed by atoms with Crippen LogP contribution in [-0.4, -0.2) is 35.2 Å². The van der Waals surface area contributed by atoms with Gasteiger partial charge in [0.2, 0.25) is 6.43 Å². The number of methoxy groups -OCH3 is 1. The highest BCUT2D eigenvalue weighted by Gasteiger charge is 2.43. The second-order valence-electron chi connectivity index (χ2n) is 6.72. The number of H-pyrrole nitrogens is 1. The fourth-order valence-electron chi connectivity index (χ4n) is 3.67. The van der Waals surface area contributed by atoms with Crippen LogP contribution in [0.4, 0.5) is 8.78 Å². The number of ether oxygens (including phenoxy) is 1. The lowest BCUT2D eigenvalue weighted by Crippen LogP contribution is -2.51. The fourth-order valence-corrected chi connectivity index (χ4v) is 3.67. The van der Waals surface area contributed by atoms with Gasteiger partial charge in [-0.1, -0.05) is 13.8 Å². The van der Waals surface area contributed by atoms with Crippen LogP contribution in [0.2, 0.25) is 0 Å². The van der Waals surface area contributed by atoms with E-state index in [4.69, 9.17) is 4.74 Å². The first-order valence-corrected chi connectivity index (χ1v) is 9.09. The number of aromatic nitrogens is 2. The van der Waals surface area contributed by atoms with Crippen molar-refractivity contribution in [3.8, 4) is 0 Å². The molecule has 0 unspecified atom stereocenters. The minimum Gasteiger partial charge on any atom is -0.368 e. The maximum absolute atomic E-state index is 12.9. The number of carbonyl (C=O) groups is 1.